The van der Waals surface area contributed by atoms with Crippen molar-refractivity contribution in [3.05, 3.63) is 35.9 Å². The van der Waals surface area contributed by atoms with Gasteiger partial charge in [-0.05, 0) is 24.8 Å². The summed E-state index contributed by atoms with van der Waals surface area (Å²) >= 11 is 0. The van der Waals surface area contributed by atoms with Gasteiger partial charge in [-0.3, -0.25) is 14.5 Å². The van der Waals surface area contributed by atoms with Gasteiger partial charge in [0.25, 0.3) is 0 Å². The van der Waals surface area contributed by atoms with Crippen LogP contribution in [0, 0.1) is 5.92 Å². The second kappa shape index (κ2) is 8.09. The molecule has 2 saturated heterocycles. The number of aliphatic carboxylic acids is 1. The summed E-state index contributed by atoms with van der Waals surface area (Å²) in [5.41, 5.74) is 0.446. The van der Waals surface area contributed by atoms with Crippen molar-refractivity contribution in [3.63, 3.8) is 0 Å². The molecule has 1 aliphatic carbocycles. The number of piperidine rings is 1. The maximum absolute atomic E-state index is 13.4. The summed E-state index contributed by atoms with van der Waals surface area (Å²) < 4.78 is 40.3. The fraction of sp³-hybridized carbons (Fsp3) is 0.636. The van der Waals surface area contributed by atoms with Crippen molar-refractivity contribution in [3.8, 4) is 0 Å². The molecule has 0 aromatic heterocycles. The third-order valence-corrected chi connectivity index (χ3v) is 7.35. The van der Waals surface area contributed by atoms with E-state index in [1.807, 2.05) is 30.3 Å². The van der Waals surface area contributed by atoms with E-state index in [2.05, 4.69) is 10.2 Å². The van der Waals surface area contributed by atoms with Crippen molar-refractivity contribution >= 4 is 11.9 Å². The van der Waals surface area contributed by atoms with E-state index in [0.29, 0.717) is 45.4 Å². The van der Waals surface area contributed by atoms with Gasteiger partial charge in [0.2, 0.25) is 0 Å². The van der Waals surface area contributed by atoms with E-state index in [-0.39, 0.29) is 5.92 Å². The number of carbonyl (C=O) groups excluding carboxylic acids is 1. The minimum atomic E-state index is -4.90. The van der Waals surface area contributed by atoms with Crippen LogP contribution in [0.1, 0.15) is 37.7 Å². The molecule has 3 aliphatic rings. The van der Waals surface area contributed by atoms with Gasteiger partial charge in [-0.15, -0.1) is 0 Å². The second-order valence-corrected chi connectivity index (χ2v) is 9.02. The number of likely N-dealkylation sites (tertiary alicyclic amines) is 1. The predicted octanol–water partition coefficient (Wildman–Crippen LogP) is 2.46. The van der Waals surface area contributed by atoms with Gasteiger partial charge in [-0.25, -0.2) is 0 Å². The highest BCUT2D eigenvalue weighted by atomic mass is 19.4. The van der Waals surface area contributed by atoms with E-state index in [4.69, 9.17) is 0 Å². The van der Waals surface area contributed by atoms with Gasteiger partial charge in [0.15, 0.2) is 0 Å². The normalized spacial score (nSPS) is 27.2. The van der Waals surface area contributed by atoms with Crippen LogP contribution < -0.4 is 5.32 Å². The van der Waals surface area contributed by atoms with E-state index < -0.39 is 41.6 Å². The van der Waals surface area contributed by atoms with E-state index in [9.17, 15) is 27.9 Å². The Hall–Kier alpha value is -2.13. The Bertz CT molecular complexity index is 820. The number of halogens is 3. The number of carboxylic acid groups (broad SMARTS) is 1. The number of amides is 1. The zero-order chi connectivity index (χ0) is 22.4. The fourth-order valence-electron chi connectivity index (χ4n) is 5.29. The molecule has 0 radical (unpaired) electrons. The standard InChI is InChI=1S/C22H28F3N3O3/c1-14(19(29)30)21(12-26-13-21)27-9-7-16(8-10-27)28(20(31)22(23,24)25)18-11-17(18)15-5-3-2-4-6-15/h2-6,14,16-18,26H,7-13H2,1H3,(H,29,30)/t14?,17-,18+/m0/s1. The quantitative estimate of drug-likeness (QED) is 0.713. The van der Waals surface area contributed by atoms with Gasteiger partial charge in [-0.1, -0.05) is 37.3 Å². The molecule has 1 unspecified atom stereocenters. The molecule has 0 bridgehead atoms. The van der Waals surface area contributed by atoms with E-state index in [1.54, 1.807) is 6.92 Å². The minimum Gasteiger partial charge on any atom is -0.481 e. The first-order valence-electron chi connectivity index (χ1n) is 10.8. The van der Waals surface area contributed by atoms with Crippen molar-refractivity contribution in [1.82, 2.24) is 15.1 Å². The first-order valence-corrected chi connectivity index (χ1v) is 10.8. The smallest absolute Gasteiger partial charge is 0.471 e. The molecule has 9 heteroatoms. The first kappa shape index (κ1) is 22.1. The topological polar surface area (TPSA) is 72.9 Å². The zero-order valence-electron chi connectivity index (χ0n) is 17.4. The second-order valence-electron chi connectivity index (χ2n) is 9.02. The summed E-state index contributed by atoms with van der Waals surface area (Å²) in [7, 11) is 0. The zero-order valence-corrected chi connectivity index (χ0v) is 17.4. The molecule has 1 saturated carbocycles. The molecule has 4 rings (SSSR count). The summed E-state index contributed by atoms with van der Waals surface area (Å²) in [6, 6.07) is 8.43. The molecule has 1 amide bonds. The lowest BCUT2D eigenvalue weighted by Crippen LogP contribution is -2.74. The SMILES string of the molecule is CC(C(=O)O)C1(N2CCC(N(C(=O)C(F)(F)F)[C@@H]3C[C@H]3c3ccccc3)CC2)CNC1. The highest BCUT2D eigenvalue weighted by Gasteiger charge is 2.56. The van der Waals surface area contributed by atoms with Crippen LogP contribution in [0.5, 0.6) is 0 Å². The van der Waals surface area contributed by atoms with Crippen molar-refractivity contribution in [2.24, 2.45) is 5.92 Å². The molecule has 3 atom stereocenters. The summed E-state index contributed by atoms with van der Waals surface area (Å²) in [6.07, 6.45) is -3.55. The Morgan fingerprint density at radius 3 is 2.29 bits per heavy atom. The third kappa shape index (κ3) is 4.05. The molecule has 1 aromatic carbocycles. The Kier molecular flexibility index (Phi) is 5.76. The van der Waals surface area contributed by atoms with Gasteiger partial charge in [0.05, 0.1) is 11.5 Å². The molecule has 31 heavy (non-hydrogen) atoms. The summed E-state index contributed by atoms with van der Waals surface area (Å²) in [5.74, 6) is -3.28. The average molecular weight is 439 g/mol. The van der Waals surface area contributed by atoms with Gasteiger partial charge < -0.3 is 15.3 Å². The molecule has 2 heterocycles. The van der Waals surface area contributed by atoms with Crippen molar-refractivity contribution in [2.45, 2.75) is 55.9 Å². The maximum Gasteiger partial charge on any atom is 0.471 e. The van der Waals surface area contributed by atoms with Crippen LogP contribution in [-0.2, 0) is 9.59 Å². The molecule has 1 aromatic rings. The predicted molar refractivity (Wildman–Crippen MR) is 107 cm³/mol. The van der Waals surface area contributed by atoms with E-state index >= 15 is 0 Å². The number of carboxylic acids is 1. The molecule has 170 valence electrons. The monoisotopic (exact) mass is 439 g/mol. The van der Waals surface area contributed by atoms with Gasteiger partial charge in [0, 0.05) is 44.2 Å². The molecular weight excluding hydrogens is 411 g/mol. The summed E-state index contributed by atoms with van der Waals surface area (Å²) in [4.78, 5) is 27.1. The van der Waals surface area contributed by atoms with Crippen molar-refractivity contribution in [2.75, 3.05) is 26.2 Å². The molecule has 3 fully saturated rings. The Morgan fingerprint density at radius 1 is 1.19 bits per heavy atom. The van der Waals surface area contributed by atoms with Crippen LogP contribution in [0.4, 0.5) is 13.2 Å². The van der Waals surface area contributed by atoms with Crippen LogP contribution in [0.3, 0.4) is 0 Å². The van der Waals surface area contributed by atoms with Crippen LogP contribution in [0.2, 0.25) is 0 Å². The number of alkyl halides is 3. The number of carbonyl (C=O) groups is 2. The number of hydrogen-bond acceptors (Lipinski definition) is 4. The molecule has 2 aliphatic heterocycles. The average Bonchev–Trinajstić information content (AvgIpc) is 3.48. The van der Waals surface area contributed by atoms with Gasteiger partial charge in [-0.2, -0.15) is 13.2 Å². The maximum atomic E-state index is 13.4. The molecular formula is C22H28F3N3O3. The molecule has 0 spiro atoms. The minimum absolute atomic E-state index is 0.0697. The van der Waals surface area contributed by atoms with Gasteiger partial charge >= 0.3 is 18.1 Å². The first-order chi connectivity index (χ1) is 14.6. The Balaban J connectivity index is 1.48. The van der Waals surface area contributed by atoms with E-state index in [0.717, 1.165) is 10.5 Å². The number of hydrogen-bond donors (Lipinski definition) is 2. The van der Waals surface area contributed by atoms with Crippen LogP contribution in [0.15, 0.2) is 30.3 Å². The van der Waals surface area contributed by atoms with Crippen LogP contribution >= 0.6 is 0 Å². The Morgan fingerprint density at radius 2 is 1.81 bits per heavy atom. The number of rotatable bonds is 6. The Labute approximate surface area is 179 Å². The van der Waals surface area contributed by atoms with Gasteiger partial charge in [0.1, 0.15) is 0 Å². The number of benzene rings is 1. The van der Waals surface area contributed by atoms with Crippen molar-refractivity contribution in [1.29, 1.82) is 0 Å². The molecule has 6 nitrogen and oxygen atoms in total. The third-order valence-electron chi connectivity index (χ3n) is 7.35. The van der Waals surface area contributed by atoms with Crippen molar-refractivity contribution < 1.29 is 27.9 Å². The summed E-state index contributed by atoms with van der Waals surface area (Å²) in [5, 5.41) is 12.6. The highest BCUT2D eigenvalue weighted by molar-refractivity contribution is 5.83. The fourth-order valence-corrected chi connectivity index (χ4v) is 5.29. The largest absolute Gasteiger partial charge is 0.481 e. The lowest BCUT2D eigenvalue weighted by atomic mass is 9.77. The van der Waals surface area contributed by atoms with Crippen LogP contribution in [0.25, 0.3) is 0 Å². The number of nitrogens with one attached hydrogen (secondary N) is 1. The molecule has 2 N–H and O–H groups in total. The summed E-state index contributed by atoms with van der Waals surface area (Å²) in [6.45, 7) is 3.75. The van der Waals surface area contributed by atoms with E-state index in [1.165, 1.54) is 0 Å². The number of nitrogens with zero attached hydrogens (tertiary/aromatic N) is 2. The lowest BCUT2D eigenvalue weighted by molar-refractivity contribution is -0.190. The van der Waals surface area contributed by atoms with Crippen LogP contribution in [-0.4, -0.2) is 76.8 Å². The lowest BCUT2D eigenvalue weighted by Gasteiger charge is -2.55. The highest BCUT2D eigenvalue weighted by Crippen LogP contribution is 2.47.